The summed E-state index contributed by atoms with van der Waals surface area (Å²) >= 11 is 0. The predicted molar refractivity (Wildman–Crippen MR) is 88.4 cm³/mol. The van der Waals surface area contributed by atoms with Crippen molar-refractivity contribution < 1.29 is 13.5 Å². The Balaban J connectivity index is 2.21. The number of halogens is 1. The number of fused-ring (bicyclic) bond motifs is 1. The largest absolute Gasteiger partial charge is 0.496 e. The van der Waals surface area contributed by atoms with E-state index in [-0.39, 0.29) is 11.2 Å². The summed E-state index contributed by atoms with van der Waals surface area (Å²) in [7, 11) is 1.60. The molecular weight excluding hydrogens is 295 g/mol. The molecule has 0 saturated carbocycles. The summed E-state index contributed by atoms with van der Waals surface area (Å²) in [4.78, 5) is 12.8. The van der Waals surface area contributed by atoms with Gasteiger partial charge >= 0.3 is 0 Å². The number of ether oxygens (including phenoxy) is 1. The lowest BCUT2D eigenvalue weighted by molar-refractivity contribution is 0.409. The van der Waals surface area contributed by atoms with Gasteiger partial charge in [0.15, 0.2) is 0 Å². The van der Waals surface area contributed by atoms with Gasteiger partial charge in [-0.25, -0.2) is 4.39 Å². The van der Waals surface area contributed by atoms with Crippen molar-refractivity contribution >= 4 is 11.0 Å². The van der Waals surface area contributed by atoms with E-state index < -0.39 is 0 Å². The Kier molecular flexibility index (Phi) is 4.15. The maximum absolute atomic E-state index is 13.1. The molecule has 3 nitrogen and oxygen atoms in total. The van der Waals surface area contributed by atoms with Gasteiger partial charge in [-0.2, -0.15) is 0 Å². The van der Waals surface area contributed by atoms with Crippen LogP contribution < -0.4 is 10.2 Å². The van der Waals surface area contributed by atoms with E-state index in [1.807, 2.05) is 6.07 Å². The summed E-state index contributed by atoms with van der Waals surface area (Å²) < 4.78 is 24.0. The van der Waals surface area contributed by atoms with Crippen molar-refractivity contribution in [3.63, 3.8) is 0 Å². The van der Waals surface area contributed by atoms with Crippen LogP contribution in [0.3, 0.4) is 0 Å². The second kappa shape index (κ2) is 6.24. The number of aryl methyl sites for hydroxylation is 1. The predicted octanol–water partition coefficient (Wildman–Crippen LogP) is 4.56. The highest BCUT2D eigenvalue weighted by Gasteiger charge is 2.13. The molecule has 1 aromatic heterocycles. The number of rotatable bonds is 4. The molecule has 0 atom stereocenters. The fourth-order valence-electron chi connectivity index (χ4n) is 2.69. The first-order chi connectivity index (χ1) is 11.1. The summed E-state index contributed by atoms with van der Waals surface area (Å²) in [6.07, 6.45) is 3.18. The Morgan fingerprint density at radius 2 is 1.91 bits per heavy atom. The monoisotopic (exact) mass is 312 g/mol. The highest BCUT2D eigenvalue weighted by Crippen LogP contribution is 2.27. The average Bonchev–Trinajstić information content (AvgIpc) is 2.56. The lowest BCUT2D eigenvalue weighted by atomic mass is 10.0. The smallest absolute Gasteiger partial charge is 0.200 e. The molecule has 4 heteroatoms. The summed E-state index contributed by atoms with van der Waals surface area (Å²) in [5, 5.41) is 0.510. The molecule has 1 heterocycles. The maximum Gasteiger partial charge on any atom is 0.200 e. The van der Waals surface area contributed by atoms with Crippen LogP contribution in [-0.2, 0) is 6.42 Å². The minimum Gasteiger partial charge on any atom is -0.496 e. The van der Waals surface area contributed by atoms with Crippen molar-refractivity contribution in [1.29, 1.82) is 0 Å². The van der Waals surface area contributed by atoms with Crippen molar-refractivity contribution in [2.24, 2.45) is 0 Å². The Bertz CT molecular complexity index is 895. The van der Waals surface area contributed by atoms with Gasteiger partial charge in [-0.15, -0.1) is 0 Å². The van der Waals surface area contributed by atoms with Crippen LogP contribution in [0, 0.1) is 5.82 Å². The first kappa shape index (κ1) is 15.3. The van der Waals surface area contributed by atoms with Crippen LogP contribution in [0.2, 0.25) is 0 Å². The number of methoxy groups -OCH3 is 1. The summed E-state index contributed by atoms with van der Waals surface area (Å²) in [5.74, 6) is 0.380. The zero-order valence-corrected chi connectivity index (χ0v) is 13.1. The van der Waals surface area contributed by atoms with Crippen molar-refractivity contribution in [3.8, 4) is 16.9 Å². The van der Waals surface area contributed by atoms with Gasteiger partial charge in [0.25, 0.3) is 0 Å². The quantitative estimate of drug-likeness (QED) is 0.709. The fourth-order valence-corrected chi connectivity index (χ4v) is 2.69. The molecule has 0 radical (unpaired) electrons. The first-order valence-electron chi connectivity index (χ1n) is 7.52. The van der Waals surface area contributed by atoms with Gasteiger partial charge in [-0.3, -0.25) is 4.79 Å². The zero-order chi connectivity index (χ0) is 16.4. The van der Waals surface area contributed by atoms with Gasteiger partial charge in [-0.05, 0) is 35.7 Å². The minimum absolute atomic E-state index is 0.127. The van der Waals surface area contributed by atoms with Gasteiger partial charge in [0.2, 0.25) is 5.43 Å². The SMILES string of the molecule is CCCc1cc2c(=O)c(-c3ccc(F)cc3)coc2cc1OC. The van der Waals surface area contributed by atoms with Crippen LogP contribution in [0.4, 0.5) is 4.39 Å². The van der Waals surface area contributed by atoms with Crippen LogP contribution in [0.5, 0.6) is 5.75 Å². The molecule has 118 valence electrons. The number of benzene rings is 2. The second-order valence-electron chi connectivity index (χ2n) is 5.40. The molecule has 0 aliphatic rings. The highest BCUT2D eigenvalue weighted by molar-refractivity contribution is 5.83. The molecule has 0 amide bonds. The van der Waals surface area contributed by atoms with E-state index in [0.29, 0.717) is 22.1 Å². The van der Waals surface area contributed by atoms with E-state index in [2.05, 4.69) is 6.92 Å². The van der Waals surface area contributed by atoms with Gasteiger partial charge < -0.3 is 9.15 Å². The molecule has 0 aliphatic heterocycles. The lowest BCUT2D eigenvalue weighted by Gasteiger charge is -2.10. The van der Waals surface area contributed by atoms with Crippen molar-refractivity contribution in [1.82, 2.24) is 0 Å². The Labute approximate surface area is 133 Å². The molecule has 0 spiro atoms. The van der Waals surface area contributed by atoms with Crippen LogP contribution in [0.15, 0.2) is 51.9 Å². The van der Waals surface area contributed by atoms with E-state index in [0.717, 1.165) is 24.2 Å². The molecular formula is C19H17FO3. The topological polar surface area (TPSA) is 39.4 Å². The second-order valence-corrected chi connectivity index (χ2v) is 5.40. The van der Waals surface area contributed by atoms with E-state index in [9.17, 15) is 9.18 Å². The van der Waals surface area contributed by atoms with Crippen molar-refractivity contribution in [2.75, 3.05) is 7.11 Å². The highest BCUT2D eigenvalue weighted by atomic mass is 19.1. The third kappa shape index (κ3) is 2.84. The van der Waals surface area contributed by atoms with Gasteiger partial charge in [0.05, 0.1) is 18.1 Å². The Morgan fingerprint density at radius 3 is 2.57 bits per heavy atom. The maximum atomic E-state index is 13.1. The molecule has 23 heavy (non-hydrogen) atoms. The van der Waals surface area contributed by atoms with Crippen LogP contribution in [0.1, 0.15) is 18.9 Å². The van der Waals surface area contributed by atoms with Gasteiger partial charge in [0.1, 0.15) is 23.4 Å². The average molecular weight is 312 g/mol. The normalized spacial score (nSPS) is 10.9. The molecule has 0 aliphatic carbocycles. The molecule has 0 unspecified atom stereocenters. The summed E-state index contributed by atoms with van der Waals surface area (Å²) in [6.45, 7) is 2.07. The van der Waals surface area contributed by atoms with Crippen LogP contribution in [0.25, 0.3) is 22.1 Å². The third-order valence-electron chi connectivity index (χ3n) is 3.85. The van der Waals surface area contributed by atoms with Crippen LogP contribution >= 0.6 is 0 Å². The van der Waals surface area contributed by atoms with Crippen LogP contribution in [-0.4, -0.2) is 7.11 Å². The zero-order valence-electron chi connectivity index (χ0n) is 13.1. The molecule has 0 bridgehead atoms. The first-order valence-corrected chi connectivity index (χ1v) is 7.52. The van der Waals surface area contributed by atoms with Crippen molar-refractivity contribution in [2.45, 2.75) is 19.8 Å². The number of hydrogen-bond acceptors (Lipinski definition) is 3. The third-order valence-corrected chi connectivity index (χ3v) is 3.85. The Morgan fingerprint density at radius 1 is 1.17 bits per heavy atom. The van der Waals surface area contributed by atoms with Crippen molar-refractivity contribution in [3.05, 3.63) is 64.3 Å². The molecule has 3 rings (SSSR count). The minimum atomic E-state index is -0.339. The number of hydrogen-bond donors (Lipinski definition) is 0. The summed E-state index contributed by atoms with van der Waals surface area (Å²) in [6, 6.07) is 9.38. The molecule has 2 aromatic carbocycles. The van der Waals surface area contributed by atoms with E-state index >= 15 is 0 Å². The summed E-state index contributed by atoms with van der Waals surface area (Å²) in [5.41, 5.74) is 2.39. The van der Waals surface area contributed by atoms with Gasteiger partial charge in [0, 0.05) is 6.07 Å². The van der Waals surface area contributed by atoms with E-state index in [1.165, 1.54) is 18.4 Å². The Hall–Kier alpha value is -2.62. The van der Waals surface area contributed by atoms with E-state index in [1.54, 1.807) is 25.3 Å². The fraction of sp³-hybridized carbons (Fsp3) is 0.211. The van der Waals surface area contributed by atoms with Gasteiger partial charge in [-0.1, -0.05) is 25.5 Å². The molecule has 3 aromatic rings. The molecule has 0 saturated heterocycles. The lowest BCUT2D eigenvalue weighted by Crippen LogP contribution is -2.06. The molecule has 0 N–H and O–H groups in total. The van der Waals surface area contributed by atoms with E-state index in [4.69, 9.17) is 9.15 Å². The standard InChI is InChI=1S/C19H17FO3/c1-3-4-13-9-15-18(10-17(13)22-2)23-11-16(19(15)21)12-5-7-14(20)8-6-12/h5-11H,3-4H2,1-2H3. The molecule has 0 fully saturated rings.